The Hall–Kier alpha value is -0.570. The molecule has 2 aliphatic rings. The summed E-state index contributed by atoms with van der Waals surface area (Å²) < 4.78 is 0. The van der Waals surface area contributed by atoms with Crippen molar-refractivity contribution in [2.75, 3.05) is 0 Å². The van der Waals surface area contributed by atoms with E-state index < -0.39 is 0 Å². The SMILES string of the molecule is CC1CCCC1C(=O)NC1C(C)(C)C(N)C1(C)C. The van der Waals surface area contributed by atoms with Gasteiger partial charge < -0.3 is 11.1 Å². The molecule has 2 fully saturated rings. The average Bonchev–Trinajstić information content (AvgIpc) is 2.70. The summed E-state index contributed by atoms with van der Waals surface area (Å²) in [5.74, 6) is 0.997. The molecule has 1 amide bonds. The van der Waals surface area contributed by atoms with E-state index >= 15 is 0 Å². The smallest absolute Gasteiger partial charge is 0.223 e. The van der Waals surface area contributed by atoms with Crippen LogP contribution >= 0.6 is 0 Å². The summed E-state index contributed by atoms with van der Waals surface area (Å²) in [7, 11) is 0. The minimum absolute atomic E-state index is 0.000994. The third-order valence-electron chi connectivity index (χ3n) is 5.58. The first-order chi connectivity index (χ1) is 8.19. The number of hydrogen-bond acceptors (Lipinski definition) is 2. The molecule has 0 spiro atoms. The molecule has 0 aromatic carbocycles. The van der Waals surface area contributed by atoms with E-state index in [2.05, 4.69) is 39.9 Å². The summed E-state index contributed by atoms with van der Waals surface area (Å²) in [6.07, 6.45) is 3.43. The molecule has 104 valence electrons. The highest BCUT2D eigenvalue weighted by molar-refractivity contribution is 5.80. The zero-order valence-corrected chi connectivity index (χ0v) is 12.4. The summed E-state index contributed by atoms with van der Waals surface area (Å²) in [6, 6.07) is 0.344. The molecule has 0 radical (unpaired) electrons. The fourth-order valence-electron chi connectivity index (χ4n) is 4.34. The van der Waals surface area contributed by atoms with Gasteiger partial charge >= 0.3 is 0 Å². The fourth-order valence-corrected chi connectivity index (χ4v) is 4.34. The molecule has 3 N–H and O–H groups in total. The van der Waals surface area contributed by atoms with Crippen molar-refractivity contribution in [3.63, 3.8) is 0 Å². The summed E-state index contributed by atoms with van der Waals surface area (Å²) in [4.78, 5) is 12.4. The lowest BCUT2D eigenvalue weighted by molar-refractivity contribution is -0.136. The Kier molecular flexibility index (Phi) is 3.25. The lowest BCUT2D eigenvalue weighted by Crippen LogP contribution is -2.76. The molecular formula is C15H28N2O. The van der Waals surface area contributed by atoms with E-state index in [0.717, 1.165) is 6.42 Å². The highest BCUT2D eigenvalue weighted by Crippen LogP contribution is 2.52. The van der Waals surface area contributed by atoms with Crippen LogP contribution in [0.2, 0.25) is 0 Å². The van der Waals surface area contributed by atoms with Crippen LogP contribution in [0.4, 0.5) is 0 Å². The van der Waals surface area contributed by atoms with Crippen molar-refractivity contribution in [3.8, 4) is 0 Å². The zero-order valence-electron chi connectivity index (χ0n) is 12.4. The van der Waals surface area contributed by atoms with Crippen LogP contribution in [0, 0.1) is 22.7 Å². The standard InChI is InChI=1S/C15H28N2O/c1-9-7-6-8-10(9)11(18)17-13-14(2,3)12(16)15(13,4)5/h9-10,12-13H,6-8,16H2,1-5H3,(H,17,18). The molecular weight excluding hydrogens is 224 g/mol. The van der Waals surface area contributed by atoms with Gasteiger partial charge in [-0.05, 0) is 18.8 Å². The van der Waals surface area contributed by atoms with Crippen LogP contribution < -0.4 is 11.1 Å². The van der Waals surface area contributed by atoms with Gasteiger partial charge in [0.05, 0.1) is 0 Å². The van der Waals surface area contributed by atoms with Gasteiger partial charge in [-0.25, -0.2) is 0 Å². The molecule has 0 aliphatic heterocycles. The van der Waals surface area contributed by atoms with E-state index in [1.54, 1.807) is 0 Å². The number of rotatable bonds is 2. The molecule has 2 unspecified atom stereocenters. The molecule has 3 heteroatoms. The van der Waals surface area contributed by atoms with Gasteiger partial charge in [-0.2, -0.15) is 0 Å². The molecule has 2 rings (SSSR count). The maximum Gasteiger partial charge on any atom is 0.223 e. The fraction of sp³-hybridized carbons (Fsp3) is 0.933. The molecule has 0 aromatic rings. The number of nitrogens with one attached hydrogen (secondary N) is 1. The maximum atomic E-state index is 12.4. The van der Waals surface area contributed by atoms with Gasteiger partial charge in [-0.1, -0.05) is 41.0 Å². The number of amides is 1. The van der Waals surface area contributed by atoms with Gasteiger partial charge in [-0.15, -0.1) is 0 Å². The lowest BCUT2D eigenvalue weighted by atomic mass is 9.48. The largest absolute Gasteiger partial charge is 0.352 e. The molecule has 0 aromatic heterocycles. The molecule has 3 nitrogen and oxygen atoms in total. The van der Waals surface area contributed by atoms with Crippen molar-refractivity contribution in [2.45, 2.75) is 66.0 Å². The Morgan fingerprint density at radius 1 is 1.17 bits per heavy atom. The van der Waals surface area contributed by atoms with Crippen LogP contribution in [0.25, 0.3) is 0 Å². The van der Waals surface area contributed by atoms with Crippen molar-refractivity contribution in [2.24, 2.45) is 28.4 Å². The second-order valence-corrected chi connectivity index (χ2v) is 7.58. The Balaban J connectivity index is 2.03. The Morgan fingerprint density at radius 3 is 2.17 bits per heavy atom. The molecule has 2 saturated carbocycles. The van der Waals surface area contributed by atoms with E-state index in [0.29, 0.717) is 5.92 Å². The average molecular weight is 252 g/mol. The highest BCUT2D eigenvalue weighted by Gasteiger charge is 2.60. The predicted octanol–water partition coefficient (Wildman–Crippen LogP) is 2.30. The summed E-state index contributed by atoms with van der Waals surface area (Å²) in [6.45, 7) is 10.8. The van der Waals surface area contributed by atoms with E-state index in [-0.39, 0.29) is 34.7 Å². The van der Waals surface area contributed by atoms with E-state index in [1.165, 1.54) is 12.8 Å². The summed E-state index contributed by atoms with van der Waals surface area (Å²) in [5, 5.41) is 3.28. The first-order valence-corrected chi connectivity index (χ1v) is 7.25. The molecule has 2 aliphatic carbocycles. The normalized spacial score (nSPS) is 41.2. The molecule has 2 atom stereocenters. The maximum absolute atomic E-state index is 12.4. The van der Waals surface area contributed by atoms with Crippen LogP contribution in [0.5, 0.6) is 0 Å². The van der Waals surface area contributed by atoms with Gasteiger partial charge in [-0.3, -0.25) is 4.79 Å². The van der Waals surface area contributed by atoms with Crippen LogP contribution in [-0.4, -0.2) is 18.0 Å². The first kappa shape index (κ1) is 13.9. The van der Waals surface area contributed by atoms with Gasteiger partial charge in [0.15, 0.2) is 0 Å². The Labute approximate surface area is 111 Å². The number of carbonyl (C=O) groups excluding carboxylic acids is 1. The van der Waals surface area contributed by atoms with Gasteiger partial charge in [0.2, 0.25) is 5.91 Å². The zero-order chi connectivity index (χ0) is 13.7. The summed E-state index contributed by atoms with van der Waals surface area (Å²) >= 11 is 0. The van der Waals surface area contributed by atoms with Crippen molar-refractivity contribution in [1.82, 2.24) is 5.32 Å². The topological polar surface area (TPSA) is 55.1 Å². The molecule has 0 heterocycles. The van der Waals surface area contributed by atoms with Gasteiger partial charge in [0.1, 0.15) is 0 Å². The third-order valence-corrected chi connectivity index (χ3v) is 5.58. The number of carbonyl (C=O) groups is 1. The molecule has 18 heavy (non-hydrogen) atoms. The lowest BCUT2D eigenvalue weighted by Gasteiger charge is -2.63. The second kappa shape index (κ2) is 4.22. The van der Waals surface area contributed by atoms with Crippen molar-refractivity contribution in [3.05, 3.63) is 0 Å². The van der Waals surface area contributed by atoms with Crippen molar-refractivity contribution in [1.29, 1.82) is 0 Å². The van der Waals surface area contributed by atoms with Crippen LogP contribution in [0.15, 0.2) is 0 Å². The van der Waals surface area contributed by atoms with Gasteiger partial charge in [0.25, 0.3) is 0 Å². The summed E-state index contributed by atoms with van der Waals surface area (Å²) in [5.41, 5.74) is 6.23. The van der Waals surface area contributed by atoms with E-state index in [9.17, 15) is 4.79 Å². The monoisotopic (exact) mass is 252 g/mol. The highest BCUT2D eigenvalue weighted by atomic mass is 16.2. The van der Waals surface area contributed by atoms with Crippen LogP contribution in [0.3, 0.4) is 0 Å². The van der Waals surface area contributed by atoms with E-state index in [1.807, 2.05) is 0 Å². The Morgan fingerprint density at radius 2 is 1.72 bits per heavy atom. The minimum Gasteiger partial charge on any atom is -0.352 e. The van der Waals surface area contributed by atoms with Crippen molar-refractivity contribution >= 4 is 5.91 Å². The molecule has 0 bridgehead atoms. The number of nitrogens with two attached hydrogens (primary N) is 1. The van der Waals surface area contributed by atoms with Gasteiger partial charge in [0, 0.05) is 28.8 Å². The van der Waals surface area contributed by atoms with Crippen molar-refractivity contribution < 1.29 is 4.79 Å². The predicted molar refractivity (Wildman–Crippen MR) is 74.0 cm³/mol. The molecule has 0 saturated heterocycles. The minimum atomic E-state index is 0.000994. The number of hydrogen-bond donors (Lipinski definition) is 2. The first-order valence-electron chi connectivity index (χ1n) is 7.25. The second-order valence-electron chi connectivity index (χ2n) is 7.58. The third kappa shape index (κ3) is 1.87. The van der Waals surface area contributed by atoms with Crippen LogP contribution in [-0.2, 0) is 4.79 Å². The van der Waals surface area contributed by atoms with E-state index in [4.69, 9.17) is 5.73 Å². The Bertz CT molecular complexity index is 332. The quantitative estimate of drug-likeness (QED) is 0.792. The van der Waals surface area contributed by atoms with Crippen LogP contribution in [0.1, 0.15) is 53.9 Å².